The lowest BCUT2D eigenvalue weighted by molar-refractivity contribution is -0.115. The van der Waals surface area contributed by atoms with Crippen molar-refractivity contribution in [3.63, 3.8) is 0 Å². The van der Waals surface area contributed by atoms with E-state index in [1.54, 1.807) is 32.1 Å². The second-order valence-corrected chi connectivity index (χ2v) is 6.27. The summed E-state index contributed by atoms with van der Waals surface area (Å²) in [4.78, 5) is 24.8. The van der Waals surface area contributed by atoms with Crippen LogP contribution in [0.5, 0.6) is 11.5 Å². The fourth-order valence-corrected chi connectivity index (χ4v) is 3.54. The topological polar surface area (TPSA) is 104 Å². The summed E-state index contributed by atoms with van der Waals surface area (Å²) in [6.07, 6.45) is 1.64. The summed E-state index contributed by atoms with van der Waals surface area (Å²) >= 11 is 1.08. The molecule has 0 unspecified atom stereocenters. The minimum atomic E-state index is -0.503. The van der Waals surface area contributed by atoms with Crippen LogP contribution in [0.15, 0.2) is 23.0 Å². The van der Waals surface area contributed by atoms with Crippen LogP contribution >= 0.6 is 11.3 Å². The van der Waals surface area contributed by atoms with Gasteiger partial charge in [-0.2, -0.15) is 5.26 Å². The van der Waals surface area contributed by atoms with E-state index in [0.29, 0.717) is 27.8 Å². The number of ether oxygens (including phenoxy) is 1. The molecule has 0 saturated heterocycles. The maximum absolute atomic E-state index is 12.7. The lowest BCUT2D eigenvalue weighted by Crippen LogP contribution is -2.34. The standard InChI is InChI=1S/C18H19N3O4S/c1-4-20-16(23)12(10-19)18-21(5-2)17(24)15(26-18)9-11-6-7-13(22)14(8-11)25-3/h6-9,22H,4-5H2,1-3H3,(H,20,23). The van der Waals surface area contributed by atoms with Crippen LogP contribution in [0.25, 0.3) is 11.6 Å². The lowest BCUT2D eigenvalue weighted by atomic mass is 10.2. The van der Waals surface area contributed by atoms with E-state index in [1.165, 1.54) is 17.7 Å². The molecule has 0 fully saturated rings. The molecule has 0 aliphatic carbocycles. The second kappa shape index (κ2) is 8.36. The molecule has 2 rings (SSSR count). The van der Waals surface area contributed by atoms with Gasteiger partial charge in [0, 0.05) is 13.1 Å². The van der Waals surface area contributed by atoms with Gasteiger partial charge in [-0.3, -0.25) is 14.2 Å². The van der Waals surface area contributed by atoms with Crippen molar-refractivity contribution in [2.24, 2.45) is 0 Å². The van der Waals surface area contributed by atoms with Gasteiger partial charge in [0.2, 0.25) is 0 Å². The van der Waals surface area contributed by atoms with E-state index < -0.39 is 5.91 Å². The van der Waals surface area contributed by atoms with Gasteiger partial charge >= 0.3 is 0 Å². The predicted molar refractivity (Wildman–Crippen MR) is 99.4 cm³/mol. The normalized spacial score (nSPS) is 12.5. The number of methoxy groups -OCH3 is 1. The van der Waals surface area contributed by atoms with Gasteiger partial charge in [0.15, 0.2) is 17.1 Å². The highest BCUT2D eigenvalue weighted by Crippen LogP contribution is 2.26. The Balaban J connectivity index is 2.74. The number of aromatic nitrogens is 1. The van der Waals surface area contributed by atoms with Gasteiger partial charge in [-0.25, -0.2) is 0 Å². The maximum atomic E-state index is 12.7. The van der Waals surface area contributed by atoms with E-state index in [1.807, 2.05) is 6.07 Å². The van der Waals surface area contributed by atoms with Crippen molar-refractivity contribution in [1.29, 1.82) is 5.26 Å². The largest absolute Gasteiger partial charge is 0.504 e. The molecule has 26 heavy (non-hydrogen) atoms. The van der Waals surface area contributed by atoms with Crippen LogP contribution in [0, 0.1) is 11.3 Å². The highest BCUT2D eigenvalue weighted by atomic mass is 32.1. The second-order valence-electron chi connectivity index (χ2n) is 5.24. The fourth-order valence-electron chi connectivity index (χ4n) is 2.37. The Kier molecular flexibility index (Phi) is 6.20. The number of nitriles is 1. The zero-order chi connectivity index (χ0) is 19.3. The zero-order valence-corrected chi connectivity index (χ0v) is 15.5. The molecular weight excluding hydrogens is 354 g/mol. The first-order chi connectivity index (χ1) is 12.5. The number of phenols is 1. The molecule has 0 radical (unpaired) electrons. The molecule has 7 nitrogen and oxygen atoms in total. The van der Waals surface area contributed by atoms with Crippen LogP contribution in [-0.2, 0) is 11.3 Å². The van der Waals surface area contributed by atoms with Crippen molar-refractivity contribution in [2.45, 2.75) is 20.4 Å². The zero-order valence-electron chi connectivity index (χ0n) is 14.7. The third-order valence-electron chi connectivity index (χ3n) is 3.62. The van der Waals surface area contributed by atoms with Gasteiger partial charge in [-0.05, 0) is 37.6 Å². The van der Waals surface area contributed by atoms with E-state index in [0.717, 1.165) is 11.3 Å². The van der Waals surface area contributed by atoms with Gasteiger partial charge in [-0.15, -0.1) is 11.3 Å². The van der Waals surface area contributed by atoms with E-state index >= 15 is 0 Å². The van der Waals surface area contributed by atoms with E-state index in [2.05, 4.69) is 5.32 Å². The van der Waals surface area contributed by atoms with Crippen molar-refractivity contribution in [1.82, 2.24) is 9.88 Å². The molecule has 0 bridgehead atoms. The van der Waals surface area contributed by atoms with Crippen LogP contribution in [0.1, 0.15) is 19.4 Å². The Morgan fingerprint density at radius 2 is 2.19 bits per heavy atom. The molecule has 1 heterocycles. The van der Waals surface area contributed by atoms with E-state index in [-0.39, 0.29) is 22.6 Å². The first kappa shape index (κ1) is 19.3. The maximum Gasteiger partial charge on any atom is 0.269 e. The molecular formula is C18H19N3O4S. The number of carbonyl (C=O) groups excluding carboxylic acids is 1. The van der Waals surface area contributed by atoms with Gasteiger partial charge in [0.05, 0.1) is 11.6 Å². The Hall–Kier alpha value is -3.05. The smallest absolute Gasteiger partial charge is 0.269 e. The Labute approximate surface area is 154 Å². The van der Waals surface area contributed by atoms with Crippen molar-refractivity contribution in [3.05, 3.63) is 43.3 Å². The van der Waals surface area contributed by atoms with Gasteiger partial charge in [0.1, 0.15) is 10.7 Å². The summed E-state index contributed by atoms with van der Waals surface area (Å²) < 4.78 is 7.18. The van der Waals surface area contributed by atoms with Crippen molar-refractivity contribution >= 4 is 28.9 Å². The van der Waals surface area contributed by atoms with Crippen LogP contribution < -0.4 is 24.8 Å². The average molecular weight is 373 g/mol. The van der Waals surface area contributed by atoms with Crippen LogP contribution in [-0.4, -0.2) is 29.2 Å². The predicted octanol–water partition coefficient (Wildman–Crippen LogP) is 0.283. The number of thiazole rings is 1. The van der Waals surface area contributed by atoms with Crippen molar-refractivity contribution in [2.75, 3.05) is 13.7 Å². The summed E-state index contributed by atoms with van der Waals surface area (Å²) in [6, 6.07) is 6.61. The molecule has 1 aromatic carbocycles. The number of carbonyl (C=O) groups is 1. The Bertz CT molecular complexity index is 1040. The number of nitrogens with zero attached hydrogens (tertiary/aromatic N) is 2. The number of phenolic OH excluding ortho intramolecular Hbond substituents is 1. The number of aromatic hydroxyl groups is 1. The summed E-state index contributed by atoms with van der Waals surface area (Å²) in [6.45, 7) is 4.25. The molecule has 0 spiro atoms. The molecule has 1 amide bonds. The Morgan fingerprint density at radius 3 is 2.77 bits per heavy atom. The molecule has 0 aliphatic rings. The lowest BCUT2D eigenvalue weighted by Gasteiger charge is -2.03. The minimum absolute atomic E-state index is 0.00109. The molecule has 0 aliphatic heterocycles. The molecule has 2 N–H and O–H groups in total. The number of nitrogens with one attached hydrogen (secondary N) is 1. The molecule has 1 aromatic heterocycles. The SMILES string of the molecule is CCNC(=O)C(C#N)=c1sc(=Cc2ccc(O)c(OC)c2)c(=O)n1CC. The number of amides is 1. The quantitative estimate of drug-likeness (QED) is 0.784. The minimum Gasteiger partial charge on any atom is -0.504 e. The summed E-state index contributed by atoms with van der Waals surface area (Å²) in [5, 5.41) is 21.6. The molecule has 136 valence electrons. The molecule has 0 atom stereocenters. The summed E-state index contributed by atoms with van der Waals surface area (Å²) in [5.74, 6) is -0.215. The third kappa shape index (κ3) is 3.78. The highest BCUT2D eigenvalue weighted by molar-refractivity contribution is 7.07. The van der Waals surface area contributed by atoms with Crippen LogP contribution in [0.3, 0.4) is 0 Å². The van der Waals surface area contributed by atoms with Crippen LogP contribution in [0.2, 0.25) is 0 Å². The Morgan fingerprint density at radius 1 is 1.46 bits per heavy atom. The van der Waals surface area contributed by atoms with Gasteiger partial charge in [0.25, 0.3) is 11.5 Å². The van der Waals surface area contributed by atoms with Gasteiger partial charge < -0.3 is 15.2 Å². The summed E-state index contributed by atoms with van der Waals surface area (Å²) in [5.41, 5.74) is 0.291. The summed E-state index contributed by atoms with van der Waals surface area (Å²) in [7, 11) is 1.44. The number of hydrogen-bond acceptors (Lipinski definition) is 6. The van der Waals surface area contributed by atoms with Crippen molar-refractivity contribution in [3.8, 4) is 17.6 Å². The number of rotatable bonds is 5. The van der Waals surface area contributed by atoms with Crippen molar-refractivity contribution < 1.29 is 14.6 Å². The highest BCUT2D eigenvalue weighted by Gasteiger charge is 2.14. The van der Waals surface area contributed by atoms with E-state index in [9.17, 15) is 20.0 Å². The first-order valence-electron chi connectivity index (χ1n) is 7.97. The first-order valence-corrected chi connectivity index (χ1v) is 8.79. The number of hydrogen-bond donors (Lipinski definition) is 2. The average Bonchev–Trinajstić information content (AvgIpc) is 2.93. The number of benzene rings is 1. The molecule has 8 heteroatoms. The van der Waals surface area contributed by atoms with Crippen LogP contribution in [0.4, 0.5) is 0 Å². The van der Waals surface area contributed by atoms with Gasteiger partial charge in [-0.1, -0.05) is 6.07 Å². The fraction of sp³-hybridized carbons (Fsp3) is 0.278. The monoisotopic (exact) mass is 373 g/mol. The molecule has 2 aromatic rings. The van der Waals surface area contributed by atoms with E-state index in [4.69, 9.17) is 4.74 Å². The third-order valence-corrected chi connectivity index (χ3v) is 4.75. The molecule has 0 saturated carbocycles.